The van der Waals surface area contributed by atoms with Crippen LogP contribution in [-0.2, 0) is 4.74 Å². The van der Waals surface area contributed by atoms with Crippen LogP contribution in [0.1, 0.15) is 0 Å². The molecule has 0 bridgehead atoms. The lowest BCUT2D eigenvalue weighted by Gasteiger charge is -2.32. The topological polar surface area (TPSA) is 37.2 Å². The number of amidine groups is 1. The summed E-state index contributed by atoms with van der Waals surface area (Å²) in [4.78, 5) is 13.0. The molecule has 242 valence electrons. The molecule has 1 aliphatic rings. The van der Waals surface area contributed by atoms with Crippen molar-refractivity contribution in [2.75, 3.05) is 20.2 Å². The van der Waals surface area contributed by atoms with E-state index in [0.717, 1.165) is 23.8 Å². The lowest BCUT2D eigenvalue weighted by molar-refractivity contribution is 0.252. The Morgan fingerprint density at radius 2 is 0.816 bits per heavy atom. The highest BCUT2D eigenvalue weighted by molar-refractivity contribution is 7.12. The van der Waals surface area contributed by atoms with Gasteiger partial charge in [-0.05, 0) is 43.3 Å². The van der Waals surface area contributed by atoms with Gasteiger partial charge in [-0.2, -0.15) is 0 Å². The van der Waals surface area contributed by atoms with Crippen molar-refractivity contribution in [2.45, 2.75) is 13.1 Å². The summed E-state index contributed by atoms with van der Waals surface area (Å²) in [6.07, 6.45) is 0. The summed E-state index contributed by atoms with van der Waals surface area (Å²) in [6, 6.07) is 60.8. The van der Waals surface area contributed by atoms with Gasteiger partial charge in [0.25, 0.3) is 5.90 Å². The Bertz CT molecular complexity index is 2010. The molecule has 6 aromatic carbocycles. The first-order valence-corrected chi connectivity index (χ1v) is 21.9. The van der Waals surface area contributed by atoms with E-state index in [2.05, 4.69) is 195 Å². The quantitative estimate of drug-likeness (QED) is 0.156. The van der Waals surface area contributed by atoms with Crippen LogP contribution < -0.4 is 31.1 Å². The molecular formula is C43H41N3OSi2. The minimum atomic E-state index is -2.44. The average Bonchev–Trinajstić information content (AvgIpc) is 3.17. The van der Waals surface area contributed by atoms with E-state index in [1.165, 1.54) is 31.1 Å². The number of rotatable bonds is 8. The van der Waals surface area contributed by atoms with Gasteiger partial charge in [0, 0.05) is 7.05 Å². The molecule has 0 saturated carbocycles. The predicted octanol–water partition coefficient (Wildman–Crippen LogP) is 5.61. The molecule has 0 unspecified atom stereocenters. The molecule has 6 aromatic rings. The maximum Gasteiger partial charge on any atom is 0.258 e. The standard InChI is InChI=1S/C43H41N3OSi2/c1-46-32-33-47-43(45-39-29-17-19-31-41(39)49(3,36-24-12-6-13-25-36)37-26-14-7-15-27-37)42(46)44-38-28-16-18-30-40(38)48(2,34-20-8-4-9-21-34)35-22-10-5-11-23-35/h4-31H,32-33H2,1-3H3. The van der Waals surface area contributed by atoms with E-state index in [1.807, 2.05) is 0 Å². The number of ether oxygens (including phenoxy) is 1. The molecule has 1 fully saturated rings. The van der Waals surface area contributed by atoms with Crippen molar-refractivity contribution in [3.63, 3.8) is 0 Å². The van der Waals surface area contributed by atoms with Crippen molar-refractivity contribution in [3.05, 3.63) is 170 Å². The highest BCUT2D eigenvalue weighted by Gasteiger charge is 2.38. The van der Waals surface area contributed by atoms with Crippen LogP contribution in [-0.4, -0.2) is 53.0 Å². The Labute approximate surface area is 292 Å². The van der Waals surface area contributed by atoms with Crippen LogP contribution in [0.5, 0.6) is 0 Å². The number of benzene rings is 6. The van der Waals surface area contributed by atoms with E-state index in [0.29, 0.717) is 12.5 Å². The molecule has 0 aliphatic carbocycles. The summed E-state index contributed by atoms with van der Waals surface area (Å²) in [7, 11) is -2.79. The molecule has 0 spiro atoms. The van der Waals surface area contributed by atoms with E-state index in [4.69, 9.17) is 14.7 Å². The lowest BCUT2D eigenvalue weighted by atomic mass is 10.3. The first-order chi connectivity index (χ1) is 24.0. The summed E-state index contributed by atoms with van der Waals surface area (Å²) in [5, 5.41) is 7.86. The lowest BCUT2D eigenvalue weighted by Crippen LogP contribution is -2.64. The minimum absolute atomic E-state index is 0.546. The summed E-state index contributed by atoms with van der Waals surface area (Å²) >= 11 is 0. The summed E-state index contributed by atoms with van der Waals surface area (Å²) in [5.74, 6) is 1.30. The molecule has 1 saturated heterocycles. The minimum Gasteiger partial charge on any atom is -0.473 e. The van der Waals surface area contributed by atoms with Crippen molar-refractivity contribution >= 4 is 70.4 Å². The Morgan fingerprint density at radius 3 is 1.22 bits per heavy atom. The summed E-state index contributed by atoms with van der Waals surface area (Å²) < 4.78 is 6.42. The zero-order valence-electron chi connectivity index (χ0n) is 28.3. The fourth-order valence-corrected chi connectivity index (χ4v) is 14.6. The molecule has 0 N–H and O–H groups in total. The van der Waals surface area contributed by atoms with Gasteiger partial charge in [0.15, 0.2) is 5.84 Å². The highest BCUT2D eigenvalue weighted by Crippen LogP contribution is 2.21. The first kappa shape index (κ1) is 32.3. The van der Waals surface area contributed by atoms with Gasteiger partial charge in [0.2, 0.25) is 0 Å². The summed E-state index contributed by atoms with van der Waals surface area (Å²) in [6.45, 7) is 6.13. The van der Waals surface area contributed by atoms with Gasteiger partial charge in [-0.25, -0.2) is 9.98 Å². The SMILES string of the molecule is CN1CCOC(=Nc2ccccc2[Si](C)(c2ccccc2)c2ccccc2)C1=Nc1ccccc1[Si](C)(c1ccccc1)c1ccccc1. The van der Waals surface area contributed by atoms with E-state index in [1.54, 1.807) is 0 Å². The van der Waals surface area contributed by atoms with Crippen LogP contribution in [0.3, 0.4) is 0 Å². The Kier molecular flexibility index (Phi) is 9.24. The Hall–Kier alpha value is -5.31. The van der Waals surface area contributed by atoms with Crippen LogP contribution in [0.25, 0.3) is 0 Å². The third-order valence-electron chi connectivity index (χ3n) is 9.96. The maximum atomic E-state index is 6.42. The number of likely N-dealkylation sites (N-methyl/N-ethyl adjacent to an activating group) is 1. The number of para-hydroxylation sites is 2. The van der Waals surface area contributed by atoms with Crippen LogP contribution in [0.2, 0.25) is 13.1 Å². The molecule has 1 heterocycles. The number of hydrogen-bond donors (Lipinski definition) is 0. The Balaban J connectivity index is 1.39. The average molecular weight is 672 g/mol. The smallest absolute Gasteiger partial charge is 0.258 e. The molecule has 49 heavy (non-hydrogen) atoms. The Morgan fingerprint density at radius 1 is 0.469 bits per heavy atom. The highest BCUT2D eigenvalue weighted by atomic mass is 28.3. The van der Waals surface area contributed by atoms with Gasteiger partial charge < -0.3 is 9.64 Å². The van der Waals surface area contributed by atoms with Crippen LogP contribution in [0.4, 0.5) is 11.4 Å². The maximum absolute atomic E-state index is 6.42. The summed E-state index contributed by atoms with van der Waals surface area (Å²) in [5.41, 5.74) is 1.87. The van der Waals surface area contributed by atoms with Gasteiger partial charge in [0.1, 0.15) is 22.8 Å². The second kappa shape index (κ2) is 14.0. The molecule has 0 aromatic heterocycles. The van der Waals surface area contributed by atoms with Gasteiger partial charge in [-0.3, -0.25) is 0 Å². The van der Waals surface area contributed by atoms with Gasteiger partial charge in [-0.1, -0.05) is 171 Å². The second-order valence-corrected chi connectivity index (χ2v) is 20.8. The fourth-order valence-electron chi connectivity index (χ4n) is 7.08. The van der Waals surface area contributed by atoms with Crippen molar-refractivity contribution in [1.82, 2.24) is 4.90 Å². The molecule has 6 heteroatoms. The third-order valence-corrected chi connectivity index (χ3v) is 18.9. The zero-order chi connectivity index (χ0) is 33.7. The van der Waals surface area contributed by atoms with Crippen LogP contribution >= 0.6 is 0 Å². The molecule has 1 aliphatic heterocycles. The largest absolute Gasteiger partial charge is 0.473 e. The van der Waals surface area contributed by atoms with E-state index < -0.39 is 16.1 Å². The van der Waals surface area contributed by atoms with E-state index in [-0.39, 0.29) is 0 Å². The van der Waals surface area contributed by atoms with E-state index >= 15 is 0 Å². The van der Waals surface area contributed by atoms with Crippen molar-refractivity contribution in [1.29, 1.82) is 0 Å². The number of aliphatic imine (C=N–C) groups is 2. The molecule has 7 rings (SSSR count). The number of nitrogens with zero attached hydrogens (tertiary/aromatic N) is 3. The molecular weight excluding hydrogens is 631 g/mol. The second-order valence-electron chi connectivity index (χ2n) is 12.9. The monoisotopic (exact) mass is 671 g/mol. The molecule has 0 amide bonds. The van der Waals surface area contributed by atoms with Crippen molar-refractivity contribution < 1.29 is 4.74 Å². The third kappa shape index (κ3) is 6.21. The van der Waals surface area contributed by atoms with Crippen LogP contribution in [0, 0.1) is 0 Å². The predicted molar refractivity (Wildman–Crippen MR) is 212 cm³/mol. The van der Waals surface area contributed by atoms with Gasteiger partial charge in [-0.15, -0.1) is 0 Å². The molecule has 0 radical (unpaired) electrons. The number of hydrogen-bond acceptors (Lipinski definition) is 3. The van der Waals surface area contributed by atoms with Crippen LogP contribution in [0.15, 0.2) is 180 Å². The van der Waals surface area contributed by atoms with Crippen molar-refractivity contribution in [2.24, 2.45) is 9.98 Å². The molecule has 4 nitrogen and oxygen atoms in total. The number of morpholine rings is 1. The zero-order valence-corrected chi connectivity index (χ0v) is 30.3. The van der Waals surface area contributed by atoms with E-state index in [9.17, 15) is 0 Å². The normalized spacial score (nSPS) is 15.3. The van der Waals surface area contributed by atoms with Gasteiger partial charge in [0.05, 0.1) is 17.9 Å². The van der Waals surface area contributed by atoms with Gasteiger partial charge >= 0.3 is 0 Å². The molecule has 0 atom stereocenters. The fraction of sp³-hybridized carbons (Fsp3) is 0.116. The first-order valence-electron chi connectivity index (χ1n) is 16.9. The van der Waals surface area contributed by atoms with Crippen molar-refractivity contribution in [3.8, 4) is 0 Å².